The van der Waals surface area contributed by atoms with Crippen LogP contribution in [-0.4, -0.2) is 12.2 Å². The first-order valence-corrected chi connectivity index (χ1v) is 7.17. The summed E-state index contributed by atoms with van der Waals surface area (Å²) < 4.78 is 5.96. The molecule has 2 N–H and O–H groups in total. The number of hydrogen-bond donors (Lipinski definition) is 2. The van der Waals surface area contributed by atoms with E-state index in [1.165, 1.54) is 0 Å². The van der Waals surface area contributed by atoms with Gasteiger partial charge in [-0.2, -0.15) is 5.26 Å². The zero-order valence-corrected chi connectivity index (χ0v) is 13.3. The molecule has 1 unspecified atom stereocenters. The molecule has 0 aromatic heterocycles. The number of nitriles is 1. The minimum absolute atomic E-state index is 0.155. The topological polar surface area (TPSA) is 65.3 Å². The van der Waals surface area contributed by atoms with Gasteiger partial charge >= 0.3 is 0 Å². The van der Waals surface area contributed by atoms with Crippen LogP contribution in [0.3, 0.4) is 0 Å². The monoisotopic (exact) mass is 346 g/mol. The number of hydrogen-bond acceptors (Lipinski definition) is 4. The van der Waals surface area contributed by atoms with Crippen molar-refractivity contribution in [3.8, 4) is 17.6 Å². The Bertz CT molecular complexity index is 695. The molecule has 0 aliphatic heterocycles. The van der Waals surface area contributed by atoms with Crippen LogP contribution < -0.4 is 10.1 Å². The Balaban J connectivity index is 2.28. The number of ether oxygens (including phenoxy) is 1. The molecule has 1 atom stereocenters. The third-order valence-corrected chi connectivity index (χ3v) is 3.67. The van der Waals surface area contributed by atoms with Gasteiger partial charge in [-0.15, -0.1) is 0 Å². The molecule has 21 heavy (non-hydrogen) atoms. The molecule has 0 saturated carbocycles. The average molecular weight is 347 g/mol. The Morgan fingerprint density at radius 3 is 2.67 bits per heavy atom. The third kappa shape index (κ3) is 3.47. The minimum atomic E-state index is -0.155. The lowest BCUT2D eigenvalue weighted by Gasteiger charge is -2.18. The van der Waals surface area contributed by atoms with Crippen LogP contribution in [0.15, 0.2) is 40.9 Å². The Labute approximate surface area is 132 Å². The highest BCUT2D eigenvalue weighted by atomic mass is 79.9. The molecule has 0 aliphatic carbocycles. The smallest absolute Gasteiger partial charge is 0.124 e. The van der Waals surface area contributed by atoms with Crippen molar-refractivity contribution >= 4 is 21.6 Å². The highest BCUT2D eigenvalue weighted by Gasteiger charge is 2.13. The van der Waals surface area contributed by atoms with Crippen molar-refractivity contribution in [2.24, 2.45) is 0 Å². The van der Waals surface area contributed by atoms with Crippen LogP contribution in [0.4, 0.5) is 5.69 Å². The summed E-state index contributed by atoms with van der Waals surface area (Å²) in [6, 6.07) is 12.6. The maximum absolute atomic E-state index is 10.1. The van der Waals surface area contributed by atoms with E-state index in [0.29, 0.717) is 11.3 Å². The van der Waals surface area contributed by atoms with Gasteiger partial charge in [0.15, 0.2) is 0 Å². The Hall–Kier alpha value is -2.19. The van der Waals surface area contributed by atoms with Gasteiger partial charge in [-0.3, -0.25) is 0 Å². The van der Waals surface area contributed by atoms with Crippen molar-refractivity contribution < 1.29 is 9.84 Å². The molecule has 0 radical (unpaired) electrons. The summed E-state index contributed by atoms with van der Waals surface area (Å²) in [5, 5.41) is 22.4. The van der Waals surface area contributed by atoms with Crippen LogP contribution in [0.5, 0.6) is 11.5 Å². The number of methoxy groups -OCH3 is 1. The normalized spacial score (nSPS) is 11.5. The third-order valence-electron chi connectivity index (χ3n) is 3.18. The average Bonchev–Trinajstić information content (AvgIpc) is 2.47. The summed E-state index contributed by atoms with van der Waals surface area (Å²) in [5.74, 6) is 0.756. The van der Waals surface area contributed by atoms with Crippen molar-refractivity contribution in [2.75, 3.05) is 12.4 Å². The number of phenols is 1. The molecule has 5 heteroatoms. The molecular weight excluding hydrogens is 332 g/mol. The lowest BCUT2D eigenvalue weighted by molar-refractivity contribution is 0.406. The van der Waals surface area contributed by atoms with Crippen LogP contribution in [0.1, 0.15) is 24.1 Å². The Morgan fingerprint density at radius 1 is 1.29 bits per heavy atom. The number of halogens is 1. The van der Waals surface area contributed by atoms with Gasteiger partial charge in [0.05, 0.1) is 24.4 Å². The van der Waals surface area contributed by atoms with E-state index >= 15 is 0 Å². The second-order valence-electron chi connectivity index (χ2n) is 4.59. The first-order valence-electron chi connectivity index (χ1n) is 6.38. The first kappa shape index (κ1) is 15.2. The fourth-order valence-electron chi connectivity index (χ4n) is 2.06. The minimum Gasteiger partial charge on any atom is -0.507 e. The molecule has 0 aliphatic rings. The maximum atomic E-state index is 10.1. The fourth-order valence-corrected chi connectivity index (χ4v) is 2.42. The predicted octanol–water partition coefficient (Wildman–Crippen LogP) is 4.21. The van der Waals surface area contributed by atoms with Crippen LogP contribution in [-0.2, 0) is 0 Å². The molecule has 0 bridgehead atoms. The molecule has 2 aromatic carbocycles. The van der Waals surface area contributed by atoms with E-state index < -0.39 is 0 Å². The van der Waals surface area contributed by atoms with Gasteiger partial charge in [0.2, 0.25) is 0 Å². The molecule has 0 fully saturated rings. The zero-order valence-electron chi connectivity index (χ0n) is 11.7. The van der Waals surface area contributed by atoms with Crippen LogP contribution in [0.2, 0.25) is 0 Å². The fraction of sp³-hybridized carbons (Fsp3) is 0.188. The van der Waals surface area contributed by atoms with E-state index in [1.807, 2.05) is 19.1 Å². The van der Waals surface area contributed by atoms with Gasteiger partial charge < -0.3 is 15.2 Å². The van der Waals surface area contributed by atoms with E-state index in [9.17, 15) is 5.11 Å². The Morgan fingerprint density at radius 2 is 2.05 bits per heavy atom. The zero-order chi connectivity index (χ0) is 15.4. The molecule has 0 amide bonds. The van der Waals surface area contributed by atoms with Gasteiger partial charge in [0.1, 0.15) is 17.6 Å². The second kappa shape index (κ2) is 6.51. The number of anilines is 1. The SMILES string of the molecule is COc1ccc(C(C)Nc2cc(Br)ccc2C#N)c(O)c1. The maximum Gasteiger partial charge on any atom is 0.124 e. The number of rotatable bonds is 4. The standard InChI is InChI=1S/C16H15BrN2O2/c1-10(14-6-5-13(21-2)8-16(14)20)19-15-7-12(17)4-3-11(15)9-18/h3-8,10,19-20H,1-2H3. The quantitative estimate of drug-likeness (QED) is 0.870. The van der Waals surface area contributed by atoms with Gasteiger partial charge in [0.25, 0.3) is 0 Å². The summed E-state index contributed by atoms with van der Waals surface area (Å²) >= 11 is 3.39. The summed E-state index contributed by atoms with van der Waals surface area (Å²) in [6.45, 7) is 1.92. The Kier molecular flexibility index (Phi) is 4.71. The molecule has 4 nitrogen and oxygen atoms in total. The lowest BCUT2D eigenvalue weighted by atomic mass is 10.1. The number of benzene rings is 2. The van der Waals surface area contributed by atoms with E-state index in [-0.39, 0.29) is 11.8 Å². The van der Waals surface area contributed by atoms with Crippen molar-refractivity contribution in [3.63, 3.8) is 0 Å². The van der Waals surface area contributed by atoms with Gasteiger partial charge in [0, 0.05) is 16.1 Å². The summed E-state index contributed by atoms with van der Waals surface area (Å²) in [4.78, 5) is 0. The van der Waals surface area contributed by atoms with Crippen molar-refractivity contribution in [3.05, 3.63) is 52.0 Å². The van der Waals surface area contributed by atoms with Gasteiger partial charge in [-0.1, -0.05) is 15.9 Å². The van der Waals surface area contributed by atoms with E-state index in [1.54, 1.807) is 31.4 Å². The second-order valence-corrected chi connectivity index (χ2v) is 5.51. The molecule has 2 aromatic rings. The van der Waals surface area contributed by atoms with Gasteiger partial charge in [-0.25, -0.2) is 0 Å². The van der Waals surface area contributed by atoms with Crippen LogP contribution in [0, 0.1) is 11.3 Å². The molecule has 0 saturated heterocycles. The van der Waals surface area contributed by atoms with E-state index in [4.69, 9.17) is 10.00 Å². The van der Waals surface area contributed by atoms with Gasteiger partial charge in [-0.05, 0) is 37.3 Å². The molecular formula is C16H15BrN2O2. The molecule has 108 valence electrons. The lowest BCUT2D eigenvalue weighted by Crippen LogP contribution is -2.08. The number of nitrogens with one attached hydrogen (secondary N) is 1. The van der Waals surface area contributed by atoms with Crippen molar-refractivity contribution in [1.82, 2.24) is 0 Å². The summed E-state index contributed by atoms with van der Waals surface area (Å²) in [5.41, 5.74) is 2.01. The number of phenolic OH excluding ortho intramolecular Hbond substituents is 1. The van der Waals surface area contributed by atoms with Crippen LogP contribution >= 0.6 is 15.9 Å². The summed E-state index contributed by atoms with van der Waals surface area (Å²) in [6.07, 6.45) is 0. The highest BCUT2D eigenvalue weighted by Crippen LogP contribution is 2.31. The molecule has 2 rings (SSSR count). The number of aromatic hydroxyl groups is 1. The highest BCUT2D eigenvalue weighted by molar-refractivity contribution is 9.10. The van der Waals surface area contributed by atoms with E-state index in [0.717, 1.165) is 15.7 Å². The molecule has 0 heterocycles. The van der Waals surface area contributed by atoms with Crippen molar-refractivity contribution in [2.45, 2.75) is 13.0 Å². The molecule has 0 spiro atoms. The largest absolute Gasteiger partial charge is 0.507 e. The van der Waals surface area contributed by atoms with Crippen molar-refractivity contribution in [1.29, 1.82) is 5.26 Å². The van der Waals surface area contributed by atoms with Crippen LogP contribution in [0.25, 0.3) is 0 Å². The summed E-state index contributed by atoms with van der Waals surface area (Å²) in [7, 11) is 1.55. The van der Waals surface area contributed by atoms with E-state index in [2.05, 4.69) is 27.3 Å². The first-order chi connectivity index (χ1) is 10.0. The predicted molar refractivity (Wildman–Crippen MR) is 85.6 cm³/mol. The number of nitrogens with zero attached hydrogens (tertiary/aromatic N) is 1.